The van der Waals surface area contributed by atoms with Crippen molar-refractivity contribution in [2.45, 2.75) is 25.7 Å². The second-order valence-electron chi connectivity index (χ2n) is 4.55. The Balaban J connectivity index is 1.59. The molecule has 0 N–H and O–H groups in total. The predicted octanol–water partition coefficient (Wildman–Crippen LogP) is 1.26. The summed E-state index contributed by atoms with van der Waals surface area (Å²) < 4.78 is 2.62. The Morgan fingerprint density at radius 2 is 1.77 bits per heavy atom. The molecule has 0 aromatic heterocycles. The van der Waals surface area contributed by atoms with E-state index in [0.717, 1.165) is 32.3 Å². The molecule has 0 aromatic carbocycles. The molecule has 0 unspecified atom stereocenters. The van der Waals surface area contributed by atoms with E-state index in [1.54, 1.807) is 0 Å². The van der Waals surface area contributed by atoms with Crippen LogP contribution in [0.25, 0.3) is 0 Å². The van der Waals surface area contributed by atoms with Crippen LogP contribution in [-0.2, 0) is 26.4 Å². The fraction of sp³-hybridized carbons (Fsp3) is 1.00. The normalized spacial score (nSPS) is 27.5. The zero-order valence-electron chi connectivity index (χ0n) is 8.54. The fourth-order valence-corrected chi connectivity index (χ4v) is 3.26. The van der Waals surface area contributed by atoms with Crippen LogP contribution in [0.2, 0.25) is 0 Å². The first kappa shape index (κ1) is 10.4. The van der Waals surface area contributed by atoms with E-state index in [9.17, 15) is 0 Å². The van der Waals surface area contributed by atoms with E-state index < -0.39 is 0 Å². The van der Waals surface area contributed by atoms with Crippen molar-refractivity contribution in [2.24, 2.45) is 5.92 Å². The molecule has 2 aliphatic rings. The molecule has 71 valence electrons. The molecule has 2 fully saturated rings. The Morgan fingerprint density at radius 1 is 1.08 bits per heavy atom. The first-order chi connectivity index (χ1) is 6.34. The fourth-order valence-electron chi connectivity index (χ4n) is 2.16. The molecule has 1 heterocycles. The summed E-state index contributed by atoms with van der Waals surface area (Å²) >= 11 is 0.875. The number of hydrogen-bond donors (Lipinski definition) is 0. The Labute approximate surface area is 98.1 Å². The van der Waals surface area contributed by atoms with Crippen LogP contribution < -0.4 is 0 Å². The minimum absolute atomic E-state index is 0.875. The summed E-state index contributed by atoms with van der Waals surface area (Å²) in [6, 6.07) is 0. The van der Waals surface area contributed by atoms with E-state index in [0.29, 0.717) is 0 Å². The molecule has 0 spiro atoms. The molecule has 2 nitrogen and oxygen atoms in total. The number of rotatable bonds is 3. The molecule has 1 aliphatic heterocycles. The maximum atomic E-state index is 2.67. The molecule has 1 saturated carbocycles. The second-order valence-corrected chi connectivity index (χ2v) is 8.02. The van der Waals surface area contributed by atoms with Crippen LogP contribution in [0.5, 0.6) is 0 Å². The van der Waals surface area contributed by atoms with E-state index in [1.165, 1.54) is 58.4 Å². The van der Waals surface area contributed by atoms with Crippen LogP contribution in [0.15, 0.2) is 0 Å². The average molecular weight is 368 g/mol. The van der Waals surface area contributed by atoms with Crippen molar-refractivity contribution in [1.82, 2.24) is 7.56 Å². The maximum absolute atomic E-state index is 2.67. The van der Waals surface area contributed by atoms with Gasteiger partial charge >= 0.3 is 98.3 Å². The van der Waals surface area contributed by atoms with Crippen molar-refractivity contribution < 1.29 is 26.4 Å². The van der Waals surface area contributed by atoms with Gasteiger partial charge in [-0.2, -0.15) is 0 Å². The third kappa shape index (κ3) is 3.17. The monoisotopic (exact) mass is 369 g/mol. The van der Waals surface area contributed by atoms with E-state index >= 15 is 0 Å². The molecule has 1 aliphatic carbocycles. The molecule has 1 saturated heterocycles. The first-order valence-electron chi connectivity index (χ1n) is 5.62. The molecule has 0 bridgehead atoms. The van der Waals surface area contributed by atoms with Crippen LogP contribution in [0.1, 0.15) is 25.7 Å². The molecule has 0 atom stereocenters. The molecular formula is C10H19HgN2. The van der Waals surface area contributed by atoms with Gasteiger partial charge in [0.1, 0.15) is 0 Å². The van der Waals surface area contributed by atoms with Crippen molar-refractivity contribution in [1.29, 1.82) is 0 Å². The molecular weight excluding hydrogens is 349 g/mol. The summed E-state index contributed by atoms with van der Waals surface area (Å²) in [6.45, 7) is 6.78. The first-order valence-corrected chi connectivity index (χ1v) is 8.08. The Bertz CT molecular complexity index is 151. The van der Waals surface area contributed by atoms with Gasteiger partial charge in [-0.15, -0.1) is 0 Å². The van der Waals surface area contributed by atoms with Crippen molar-refractivity contribution in [3.8, 4) is 0 Å². The standard InChI is InChI=1S/C10H19N2.Hg/c1-2-10(3-1)4-7-12-8-5-11-6-9-12;/h10H,1-9H2;/q-1;+1. The molecule has 0 aromatic rings. The Hall–Kier alpha value is 0.855. The third-order valence-electron chi connectivity index (χ3n) is 3.54. The molecule has 0 radical (unpaired) electrons. The van der Waals surface area contributed by atoms with E-state index in [4.69, 9.17) is 0 Å². The molecule has 13 heavy (non-hydrogen) atoms. The Morgan fingerprint density at radius 3 is 2.31 bits per heavy atom. The van der Waals surface area contributed by atoms with Crippen molar-refractivity contribution in [3.05, 3.63) is 0 Å². The van der Waals surface area contributed by atoms with Gasteiger partial charge in [-0.1, -0.05) is 0 Å². The third-order valence-corrected chi connectivity index (χ3v) is 6.00. The van der Waals surface area contributed by atoms with Gasteiger partial charge in [0.15, 0.2) is 0 Å². The second kappa shape index (κ2) is 5.08. The quantitative estimate of drug-likeness (QED) is 0.693. The van der Waals surface area contributed by atoms with Crippen molar-refractivity contribution in [3.63, 3.8) is 0 Å². The van der Waals surface area contributed by atoms with Crippen LogP contribution in [0, 0.1) is 5.92 Å². The van der Waals surface area contributed by atoms with E-state index in [1.807, 2.05) is 0 Å². The van der Waals surface area contributed by atoms with Crippen molar-refractivity contribution in [2.75, 3.05) is 32.7 Å². The van der Waals surface area contributed by atoms with Gasteiger partial charge in [0.2, 0.25) is 0 Å². The number of nitrogens with zero attached hydrogens (tertiary/aromatic N) is 2. The van der Waals surface area contributed by atoms with Gasteiger partial charge in [0, 0.05) is 0 Å². The van der Waals surface area contributed by atoms with Crippen LogP contribution in [-0.4, -0.2) is 40.3 Å². The summed E-state index contributed by atoms with van der Waals surface area (Å²) in [5.41, 5.74) is 0. The van der Waals surface area contributed by atoms with Crippen LogP contribution in [0.3, 0.4) is 0 Å². The topological polar surface area (TPSA) is 6.48 Å². The van der Waals surface area contributed by atoms with Gasteiger partial charge < -0.3 is 0 Å². The van der Waals surface area contributed by atoms with Gasteiger partial charge in [-0.05, 0) is 0 Å². The molecule has 3 heteroatoms. The molecule has 0 amide bonds. The summed E-state index contributed by atoms with van der Waals surface area (Å²) in [7, 11) is 0. The van der Waals surface area contributed by atoms with E-state index in [-0.39, 0.29) is 0 Å². The van der Waals surface area contributed by atoms with Crippen LogP contribution in [0.4, 0.5) is 0 Å². The Kier molecular flexibility index (Phi) is 4.06. The predicted molar refractivity (Wildman–Crippen MR) is 50.0 cm³/mol. The van der Waals surface area contributed by atoms with Crippen LogP contribution >= 0.6 is 0 Å². The number of hydrogen-bond acceptors (Lipinski definition) is 2. The van der Waals surface area contributed by atoms with Gasteiger partial charge in [0.05, 0.1) is 0 Å². The van der Waals surface area contributed by atoms with Gasteiger partial charge in [0.25, 0.3) is 0 Å². The van der Waals surface area contributed by atoms with Gasteiger partial charge in [-0.3, -0.25) is 0 Å². The number of piperazine rings is 1. The summed E-state index contributed by atoms with van der Waals surface area (Å²) in [5, 5.41) is 0. The zero-order chi connectivity index (χ0) is 9.10. The summed E-state index contributed by atoms with van der Waals surface area (Å²) in [6.07, 6.45) is 6.01. The summed E-state index contributed by atoms with van der Waals surface area (Å²) in [5.74, 6) is 1.10. The zero-order valence-corrected chi connectivity index (χ0v) is 14.0. The van der Waals surface area contributed by atoms with E-state index in [2.05, 4.69) is 7.56 Å². The summed E-state index contributed by atoms with van der Waals surface area (Å²) in [4.78, 5) is 2.67. The average Bonchev–Trinajstić information content (AvgIpc) is 2.05. The molecule has 2 rings (SSSR count). The minimum atomic E-state index is 0.875. The van der Waals surface area contributed by atoms with Crippen molar-refractivity contribution >= 4 is 0 Å². The van der Waals surface area contributed by atoms with Gasteiger partial charge in [-0.25, -0.2) is 0 Å². The SMILES string of the molecule is [Hg][N]1CCN(CCC2CCC2)CC1.